The van der Waals surface area contributed by atoms with E-state index < -0.39 is 0 Å². The second kappa shape index (κ2) is 8.40. The first kappa shape index (κ1) is 18.0. The molecule has 0 aliphatic carbocycles. The molecule has 0 fully saturated rings. The number of hydrogen-bond acceptors (Lipinski definition) is 3. The van der Waals surface area contributed by atoms with Crippen molar-refractivity contribution in [2.24, 2.45) is 0 Å². The number of likely N-dealkylation sites (N-methyl/N-ethyl adjacent to an activating group) is 2. The fourth-order valence-electron chi connectivity index (χ4n) is 3.32. The summed E-state index contributed by atoms with van der Waals surface area (Å²) < 4.78 is 5.55. The Bertz CT molecular complexity index is 400. The van der Waals surface area contributed by atoms with Gasteiger partial charge >= 0.3 is 0 Å². The largest absolute Gasteiger partial charge is 0.494 e. The first-order valence-corrected chi connectivity index (χ1v) is 8.22. The Morgan fingerprint density at radius 1 is 1.10 bits per heavy atom. The van der Waals surface area contributed by atoms with Gasteiger partial charge in [-0.2, -0.15) is 0 Å². The van der Waals surface area contributed by atoms with E-state index in [-0.39, 0.29) is 5.54 Å². The Kier molecular flexibility index (Phi) is 7.20. The second-order valence-corrected chi connectivity index (χ2v) is 5.61. The molecular weight excluding hydrogens is 260 g/mol. The van der Waals surface area contributed by atoms with Gasteiger partial charge in [-0.25, -0.2) is 0 Å². The lowest BCUT2D eigenvalue weighted by Crippen LogP contribution is -2.53. The summed E-state index contributed by atoms with van der Waals surface area (Å²) in [5, 5.41) is 3.53. The van der Waals surface area contributed by atoms with Gasteiger partial charge in [0.05, 0.1) is 12.6 Å². The van der Waals surface area contributed by atoms with Crippen molar-refractivity contribution in [1.82, 2.24) is 10.2 Å². The molecule has 0 bridgehead atoms. The van der Waals surface area contributed by atoms with Crippen molar-refractivity contribution in [3.63, 3.8) is 0 Å². The van der Waals surface area contributed by atoms with Crippen LogP contribution < -0.4 is 10.1 Å². The molecule has 2 atom stereocenters. The monoisotopic (exact) mass is 292 g/mol. The lowest BCUT2D eigenvalue weighted by Gasteiger charge is -2.46. The van der Waals surface area contributed by atoms with Crippen molar-refractivity contribution in [2.75, 3.05) is 26.7 Å². The average molecular weight is 292 g/mol. The van der Waals surface area contributed by atoms with Crippen LogP contribution in [-0.4, -0.2) is 37.2 Å². The van der Waals surface area contributed by atoms with Crippen LogP contribution in [0, 0.1) is 0 Å². The fraction of sp³-hybridized carbons (Fsp3) is 0.667. The molecule has 0 heterocycles. The fourth-order valence-corrected chi connectivity index (χ4v) is 3.32. The SMILES string of the molecule is CCOc1ccc(C(NC)C(C)(CC)N(CC)CC)cc1. The molecule has 1 N–H and O–H groups in total. The van der Waals surface area contributed by atoms with E-state index in [4.69, 9.17) is 4.74 Å². The normalized spacial score (nSPS) is 15.8. The Hall–Kier alpha value is -1.06. The van der Waals surface area contributed by atoms with Crippen LogP contribution >= 0.6 is 0 Å². The van der Waals surface area contributed by atoms with Gasteiger partial charge in [0, 0.05) is 5.54 Å². The summed E-state index contributed by atoms with van der Waals surface area (Å²) >= 11 is 0. The van der Waals surface area contributed by atoms with E-state index in [2.05, 4.69) is 69.2 Å². The summed E-state index contributed by atoms with van der Waals surface area (Å²) in [6.07, 6.45) is 1.10. The van der Waals surface area contributed by atoms with Crippen LogP contribution in [0.2, 0.25) is 0 Å². The number of ether oxygens (including phenoxy) is 1. The topological polar surface area (TPSA) is 24.5 Å². The molecule has 0 saturated carbocycles. The van der Waals surface area contributed by atoms with Gasteiger partial charge < -0.3 is 10.1 Å². The van der Waals surface area contributed by atoms with E-state index in [1.807, 2.05) is 6.92 Å². The van der Waals surface area contributed by atoms with Gasteiger partial charge in [0.15, 0.2) is 0 Å². The molecule has 2 unspecified atom stereocenters. The van der Waals surface area contributed by atoms with E-state index in [0.29, 0.717) is 12.6 Å². The van der Waals surface area contributed by atoms with Gasteiger partial charge in [-0.15, -0.1) is 0 Å². The first-order chi connectivity index (χ1) is 10.1. The maximum Gasteiger partial charge on any atom is 0.119 e. The van der Waals surface area contributed by atoms with Crippen molar-refractivity contribution in [1.29, 1.82) is 0 Å². The summed E-state index contributed by atoms with van der Waals surface area (Å²) in [5.74, 6) is 0.942. The molecule has 1 aromatic rings. The van der Waals surface area contributed by atoms with Crippen LogP contribution in [0.15, 0.2) is 24.3 Å². The molecule has 0 aliphatic heterocycles. The molecule has 1 aromatic carbocycles. The standard InChI is InChI=1S/C18H32N2O/c1-7-18(5,20(8-2)9-3)17(19-6)15-11-13-16(14-12-15)21-10-4/h11-14,17,19H,7-10H2,1-6H3. The Morgan fingerprint density at radius 2 is 1.67 bits per heavy atom. The molecule has 0 saturated heterocycles. The minimum absolute atomic E-state index is 0.103. The van der Waals surface area contributed by atoms with E-state index in [1.54, 1.807) is 0 Å². The number of rotatable bonds is 9. The molecular formula is C18H32N2O. The highest BCUT2D eigenvalue weighted by molar-refractivity contribution is 5.31. The molecule has 0 aliphatic rings. The summed E-state index contributed by atoms with van der Waals surface area (Å²) in [6.45, 7) is 14.0. The van der Waals surface area contributed by atoms with E-state index in [9.17, 15) is 0 Å². The minimum Gasteiger partial charge on any atom is -0.494 e. The Balaban J connectivity index is 3.08. The highest BCUT2D eigenvalue weighted by Gasteiger charge is 2.36. The van der Waals surface area contributed by atoms with Crippen molar-refractivity contribution in [2.45, 2.75) is 52.6 Å². The molecule has 0 radical (unpaired) electrons. The summed E-state index contributed by atoms with van der Waals surface area (Å²) in [6, 6.07) is 8.81. The predicted molar refractivity (Wildman–Crippen MR) is 91.0 cm³/mol. The average Bonchev–Trinajstić information content (AvgIpc) is 2.51. The van der Waals surface area contributed by atoms with Crippen molar-refractivity contribution >= 4 is 0 Å². The van der Waals surface area contributed by atoms with E-state index in [0.717, 1.165) is 25.3 Å². The summed E-state index contributed by atoms with van der Waals surface area (Å²) in [7, 11) is 2.05. The second-order valence-electron chi connectivity index (χ2n) is 5.61. The van der Waals surface area contributed by atoms with Crippen LogP contribution in [0.4, 0.5) is 0 Å². The quantitative estimate of drug-likeness (QED) is 0.748. The Morgan fingerprint density at radius 3 is 2.05 bits per heavy atom. The lowest BCUT2D eigenvalue weighted by atomic mass is 9.83. The number of hydrogen-bond donors (Lipinski definition) is 1. The van der Waals surface area contributed by atoms with Gasteiger partial charge in [0.25, 0.3) is 0 Å². The van der Waals surface area contributed by atoms with Gasteiger partial charge in [0.2, 0.25) is 0 Å². The van der Waals surface area contributed by atoms with Crippen molar-refractivity contribution in [3.05, 3.63) is 29.8 Å². The highest BCUT2D eigenvalue weighted by atomic mass is 16.5. The lowest BCUT2D eigenvalue weighted by molar-refractivity contribution is 0.0728. The summed E-state index contributed by atoms with van der Waals surface area (Å²) in [4.78, 5) is 2.55. The molecule has 0 spiro atoms. The number of nitrogens with one attached hydrogen (secondary N) is 1. The maximum atomic E-state index is 5.55. The van der Waals surface area contributed by atoms with Crippen LogP contribution in [0.25, 0.3) is 0 Å². The molecule has 1 rings (SSSR count). The smallest absolute Gasteiger partial charge is 0.119 e. The molecule has 0 amide bonds. The zero-order valence-electron chi connectivity index (χ0n) is 14.6. The van der Waals surface area contributed by atoms with Crippen LogP contribution in [0.3, 0.4) is 0 Å². The third-order valence-electron chi connectivity index (χ3n) is 4.64. The van der Waals surface area contributed by atoms with Gasteiger partial charge in [-0.1, -0.05) is 32.9 Å². The van der Waals surface area contributed by atoms with Crippen LogP contribution in [-0.2, 0) is 0 Å². The van der Waals surface area contributed by atoms with Crippen LogP contribution in [0.1, 0.15) is 52.6 Å². The number of benzene rings is 1. The van der Waals surface area contributed by atoms with E-state index >= 15 is 0 Å². The molecule has 3 heteroatoms. The van der Waals surface area contributed by atoms with Gasteiger partial charge in [0.1, 0.15) is 5.75 Å². The third-order valence-corrected chi connectivity index (χ3v) is 4.64. The van der Waals surface area contributed by atoms with Gasteiger partial charge in [-0.3, -0.25) is 4.90 Å². The van der Waals surface area contributed by atoms with Crippen molar-refractivity contribution in [3.8, 4) is 5.75 Å². The first-order valence-electron chi connectivity index (χ1n) is 8.22. The van der Waals surface area contributed by atoms with Gasteiger partial charge in [-0.05, 0) is 58.1 Å². The molecule has 120 valence electrons. The molecule has 0 aromatic heterocycles. The minimum atomic E-state index is 0.103. The third kappa shape index (κ3) is 3.98. The molecule has 21 heavy (non-hydrogen) atoms. The van der Waals surface area contributed by atoms with Crippen LogP contribution in [0.5, 0.6) is 5.75 Å². The highest BCUT2D eigenvalue weighted by Crippen LogP contribution is 2.34. The zero-order chi connectivity index (χ0) is 15.9. The summed E-state index contributed by atoms with van der Waals surface area (Å²) in [5.41, 5.74) is 1.42. The Labute approximate surface area is 130 Å². The maximum absolute atomic E-state index is 5.55. The van der Waals surface area contributed by atoms with E-state index in [1.165, 1.54) is 5.56 Å². The predicted octanol–water partition coefficient (Wildman–Crippen LogP) is 3.86. The zero-order valence-corrected chi connectivity index (χ0v) is 14.6. The number of nitrogens with zero attached hydrogens (tertiary/aromatic N) is 1. The van der Waals surface area contributed by atoms with Crippen molar-refractivity contribution < 1.29 is 4.74 Å². The molecule has 3 nitrogen and oxygen atoms in total.